The molecule has 1 atom stereocenters. The van der Waals surface area contributed by atoms with Crippen LogP contribution in [0.2, 0.25) is 0 Å². The molecule has 0 saturated heterocycles. The fourth-order valence-corrected chi connectivity index (χ4v) is 4.31. The molecule has 6 nitrogen and oxygen atoms in total. The van der Waals surface area contributed by atoms with E-state index in [-0.39, 0.29) is 17.9 Å². The summed E-state index contributed by atoms with van der Waals surface area (Å²) in [5.41, 5.74) is 1.95. The topological polar surface area (TPSA) is 81.4 Å². The molecule has 0 spiro atoms. The number of aliphatic hydroxyl groups is 1. The van der Waals surface area contributed by atoms with Crippen molar-refractivity contribution in [2.45, 2.75) is 50.3 Å². The highest BCUT2D eigenvalue weighted by molar-refractivity contribution is 7.99. The summed E-state index contributed by atoms with van der Waals surface area (Å²) in [5.74, 6) is 0.153. The second-order valence-electron chi connectivity index (χ2n) is 7.43. The lowest BCUT2D eigenvalue weighted by Crippen LogP contribution is -2.22. The molecule has 1 N–H and O–H groups in total. The van der Waals surface area contributed by atoms with Gasteiger partial charge in [0.2, 0.25) is 0 Å². The standard InChI is InChI=1S/C24H28N2O4S/c1-3-4-5-8-19(27)16-31-24-25-21-10-7-6-9-20(21)23(29)26(24)18-13-11-17(12-14-18)15-22(28)30-2/h6-7,9-14,19,27H,3-5,8,15-16H2,1-2H3. The van der Waals surface area contributed by atoms with Gasteiger partial charge in [0, 0.05) is 5.75 Å². The van der Waals surface area contributed by atoms with Crippen LogP contribution in [0.5, 0.6) is 0 Å². The zero-order chi connectivity index (χ0) is 22.2. The summed E-state index contributed by atoms with van der Waals surface area (Å²) in [6.07, 6.45) is 3.65. The number of carbonyl (C=O) groups is 1. The maximum atomic E-state index is 13.3. The first-order valence-electron chi connectivity index (χ1n) is 10.5. The molecule has 0 fully saturated rings. The predicted molar refractivity (Wildman–Crippen MR) is 124 cm³/mol. The van der Waals surface area contributed by atoms with Crippen molar-refractivity contribution in [3.05, 3.63) is 64.4 Å². The van der Waals surface area contributed by atoms with Gasteiger partial charge in [-0.1, -0.05) is 62.2 Å². The molecule has 1 heterocycles. The lowest BCUT2D eigenvalue weighted by Gasteiger charge is -2.15. The number of ether oxygens (including phenoxy) is 1. The van der Waals surface area contributed by atoms with Crippen molar-refractivity contribution in [1.82, 2.24) is 9.55 Å². The zero-order valence-electron chi connectivity index (χ0n) is 17.9. The fourth-order valence-electron chi connectivity index (χ4n) is 3.32. The zero-order valence-corrected chi connectivity index (χ0v) is 18.7. The summed E-state index contributed by atoms with van der Waals surface area (Å²) >= 11 is 1.38. The number of methoxy groups -OCH3 is 1. The number of fused-ring (bicyclic) bond motifs is 1. The number of rotatable bonds is 10. The van der Waals surface area contributed by atoms with E-state index in [1.807, 2.05) is 30.3 Å². The molecule has 3 aromatic rings. The van der Waals surface area contributed by atoms with Crippen molar-refractivity contribution in [1.29, 1.82) is 0 Å². The minimum atomic E-state index is -0.448. The van der Waals surface area contributed by atoms with E-state index >= 15 is 0 Å². The van der Waals surface area contributed by atoms with Crippen molar-refractivity contribution >= 4 is 28.6 Å². The van der Waals surface area contributed by atoms with Gasteiger partial charge in [-0.05, 0) is 36.2 Å². The number of benzene rings is 2. The highest BCUT2D eigenvalue weighted by Crippen LogP contribution is 2.23. The number of aromatic nitrogens is 2. The van der Waals surface area contributed by atoms with Gasteiger partial charge in [0.15, 0.2) is 5.16 Å². The molecule has 31 heavy (non-hydrogen) atoms. The molecule has 0 radical (unpaired) electrons. The quantitative estimate of drug-likeness (QED) is 0.221. The van der Waals surface area contributed by atoms with E-state index in [2.05, 4.69) is 6.92 Å². The Kier molecular flexibility index (Phi) is 8.26. The number of nitrogens with zero attached hydrogens (tertiary/aromatic N) is 2. The highest BCUT2D eigenvalue weighted by Gasteiger charge is 2.15. The van der Waals surface area contributed by atoms with Crippen LogP contribution in [0.3, 0.4) is 0 Å². The number of unbranched alkanes of at least 4 members (excludes halogenated alkanes) is 2. The lowest BCUT2D eigenvalue weighted by molar-refractivity contribution is -0.139. The summed E-state index contributed by atoms with van der Waals surface area (Å²) in [6, 6.07) is 14.5. The van der Waals surface area contributed by atoms with Gasteiger partial charge in [0.1, 0.15) is 0 Å². The van der Waals surface area contributed by atoms with Crippen LogP contribution < -0.4 is 5.56 Å². The molecule has 164 valence electrons. The molecule has 0 saturated carbocycles. The van der Waals surface area contributed by atoms with E-state index in [1.165, 1.54) is 18.9 Å². The van der Waals surface area contributed by atoms with Crippen LogP contribution in [0, 0.1) is 0 Å². The van der Waals surface area contributed by atoms with Gasteiger partial charge in [0.05, 0.1) is 36.2 Å². The van der Waals surface area contributed by atoms with Gasteiger partial charge in [-0.3, -0.25) is 14.2 Å². The minimum absolute atomic E-state index is 0.158. The van der Waals surface area contributed by atoms with Crippen LogP contribution in [0.1, 0.15) is 38.2 Å². The van der Waals surface area contributed by atoms with Gasteiger partial charge in [0.25, 0.3) is 5.56 Å². The first-order chi connectivity index (χ1) is 15.0. The Bertz CT molecular complexity index is 1080. The molecule has 0 bridgehead atoms. The van der Waals surface area contributed by atoms with Crippen LogP contribution >= 0.6 is 11.8 Å². The molecular weight excluding hydrogens is 412 g/mol. The third kappa shape index (κ3) is 5.95. The number of esters is 1. The van der Waals surface area contributed by atoms with Crippen molar-refractivity contribution in [2.24, 2.45) is 0 Å². The predicted octanol–water partition coefficient (Wildman–Crippen LogP) is 4.13. The van der Waals surface area contributed by atoms with Crippen molar-refractivity contribution in [3.8, 4) is 5.69 Å². The summed E-state index contributed by atoms with van der Waals surface area (Å²) in [5, 5.41) is 11.4. The summed E-state index contributed by atoms with van der Waals surface area (Å²) < 4.78 is 6.29. The molecular formula is C24H28N2O4S. The van der Waals surface area contributed by atoms with Crippen LogP contribution in [0.25, 0.3) is 16.6 Å². The largest absolute Gasteiger partial charge is 0.469 e. The van der Waals surface area contributed by atoms with E-state index in [0.717, 1.165) is 31.2 Å². The van der Waals surface area contributed by atoms with E-state index in [9.17, 15) is 14.7 Å². The SMILES string of the molecule is CCCCCC(O)CSc1nc2ccccc2c(=O)n1-c1ccc(CC(=O)OC)cc1. The highest BCUT2D eigenvalue weighted by atomic mass is 32.2. The number of aliphatic hydroxyl groups excluding tert-OH is 1. The van der Waals surface area contributed by atoms with Crippen LogP contribution in [0.15, 0.2) is 58.5 Å². The Labute approximate surface area is 186 Å². The molecule has 2 aromatic carbocycles. The van der Waals surface area contributed by atoms with E-state index in [4.69, 9.17) is 9.72 Å². The van der Waals surface area contributed by atoms with Gasteiger partial charge in [-0.15, -0.1) is 0 Å². The maximum absolute atomic E-state index is 13.3. The van der Waals surface area contributed by atoms with Gasteiger partial charge < -0.3 is 9.84 Å². The monoisotopic (exact) mass is 440 g/mol. The number of hydrogen-bond acceptors (Lipinski definition) is 6. The van der Waals surface area contributed by atoms with Crippen molar-refractivity contribution in [2.75, 3.05) is 12.9 Å². The van der Waals surface area contributed by atoms with Gasteiger partial charge in [-0.25, -0.2) is 4.98 Å². The summed E-state index contributed by atoms with van der Waals surface area (Å²) in [7, 11) is 1.36. The summed E-state index contributed by atoms with van der Waals surface area (Å²) in [6.45, 7) is 2.13. The fraction of sp³-hybridized carbons (Fsp3) is 0.375. The van der Waals surface area contributed by atoms with E-state index in [0.29, 0.717) is 27.5 Å². The molecule has 7 heteroatoms. The number of para-hydroxylation sites is 1. The Morgan fingerprint density at radius 2 is 1.90 bits per heavy atom. The molecule has 0 aliphatic rings. The van der Waals surface area contributed by atoms with Gasteiger partial charge in [-0.2, -0.15) is 0 Å². The number of carbonyl (C=O) groups excluding carboxylic acids is 1. The second kappa shape index (κ2) is 11.1. The van der Waals surface area contributed by atoms with Crippen LogP contribution in [-0.2, 0) is 16.0 Å². The molecule has 3 rings (SSSR count). The molecule has 1 aromatic heterocycles. The lowest BCUT2D eigenvalue weighted by atomic mass is 10.1. The third-order valence-electron chi connectivity index (χ3n) is 5.06. The first kappa shape index (κ1) is 23.0. The molecule has 0 aliphatic heterocycles. The van der Waals surface area contributed by atoms with Crippen molar-refractivity contribution in [3.63, 3.8) is 0 Å². The Morgan fingerprint density at radius 1 is 1.16 bits per heavy atom. The average Bonchev–Trinajstić information content (AvgIpc) is 2.78. The summed E-state index contributed by atoms with van der Waals surface area (Å²) in [4.78, 5) is 29.5. The van der Waals surface area contributed by atoms with E-state index in [1.54, 1.807) is 22.8 Å². The molecule has 0 aliphatic carbocycles. The Hall–Kier alpha value is -2.64. The number of hydrogen-bond donors (Lipinski definition) is 1. The Balaban J connectivity index is 1.93. The molecule has 0 amide bonds. The van der Waals surface area contributed by atoms with E-state index < -0.39 is 6.10 Å². The normalized spacial score (nSPS) is 12.1. The van der Waals surface area contributed by atoms with Crippen molar-refractivity contribution < 1.29 is 14.6 Å². The maximum Gasteiger partial charge on any atom is 0.309 e. The second-order valence-corrected chi connectivity index (χ2v) is 8.42. The Morgan fingerprint density at radius 3 is 2.61 bits per heavy atom. The number of thioether (sulfide) groups is 1. The smallest absolute Gasteiger partial charge is 0.309 e. The average molecular weight is 441 g/mol. The third-order valence-corrected chi connectivity index (χ3v) is 6.14. The van der Waals surface area contributed by atoms with Crippen LogP contribution in [-0.4, -0.2) is 39.6 Å². The minimum Gasteiger partial charge on any atom is -0.469 e. The van der Waals surface area contributed by atoms with Crippen LogP contribution in [0.4, 0.5) is 0 Å². The first-order valence-corrected chi connectivity index (χ1v) is 11.5. The molecule has 1 unspecified atom stereocenters. The van der Waals surface area contributed by atoms with Gasteiger partial charge >= 0.3 is 5.97 Å².